The van der Waals surface area contributed by atoms with Crippen molar-refractivity contribution in [1.82, 2.24) is 5.32 Å². The highest BCUT2D eigenvalue weighted by Gasteiger charge is 2.17. The van der Waals surface area contributed by atoms with E-state index in [9.17, 15) is 0 Å². The van der Waals surface area contributed by atoms with E-state index in [1.165, 1.54) is 29.1 Å². The molecule has 1 aliphatic rings. The quantitative estimate of drug-likeness (QED) is 0.843. The Morgan fingerprint density at radius 3 is 2.75 bits per heavy atom. The van der Waals surface area contributed by atoms with Gasteiger partial charge in [-0.05, 0) is 36.6 Å². The lowest BCUT2D eigenvalue weighted by atomic mass is 10.0. The van der Waals surface area contributed by atoms with Crippen LogP contribution < -0.4 is 5.32 Å². The molecule has 0 aromatic heterocycles. The molecule has 1 aliphatic heterocycles. The second-order valence-electron chi connectivity index (χ2n) is 4.58. The second kappa shape index (κ2) is 5.74. The minimum atomic E-state index is 0.536. The van der Waals surface area contributed by atoms with E-state index in [-0.39, 0.29) is 0 Å². The summed E-state index contributed by atoms with van der Waals surface area (Å²) >= 11 is 2.07. The molecule has 1 aromatic rings. The van der Waals surface area contributed by atoms with Gasteiger partial charge in [-0.1, -0.05) is 31.2 Å². The molecule has 0 saturated carbocycles. The normalized spacial score (nSPS) is 26.4. The van der Waals surface area contributed by atoms with Gasteiger partial charge in [-0.2, -0.15) is 11.8 Å². The van der Waals surface area contributed by atoms with E-state index in [2.05, 4.69) is 55.2 Å². The lowest BCUT2D eigenvalue weighted by Gasteiger charge is -2.19. The largest absolute Gasteiger partial charge is 0.307 e. The Morgan fingerprint density at radius 1 is 1.31 bits per heavy atom. The number of hydrogen-bond donors (Lipinski definition) is 1. The van der Waals surface area contributed by atoms with Crippen molar-refractivity contribution >= 4 is 11.8 Å². The van der Waals surface area contributed by atoms with Gasteiger partial charge >= 0.3 is 0 Å². The fraction of sp³-hybridized carbons (Fsp3) is 0.571. The maximum absolute atomic E-state index is 3.71. The van der Waals surface area contributed by atoms with Crippen molar-refractivity contribution in [2.24, 2.45) is 0 Å². The summed E-state index contributed by atoms with van der Waals surface area (Å²) in [6.45, 7) is 4.50. The van der Waals surface area contributed by atoms with Crippen LogP contribution >= 0.6 is 11.8 Å². The zero-order valence-corrected chi connectivity index (χ0v) is 11.0. The van der Waals surface area contributed by atoms with E-state index in [0.717, 1.165) is 6.42 Å². The van der Waals surface area contributed by atoms with Gasteiger partial charge in [0.2, 0.25) is 0 Å². The lowest BCUT2D eigenvalue weighted by molar-refractivity contribution is 0.485. The van der Waals surface area contributed by atoms with Crippen LogP contribution in [0.2, 0.25) is 0 Å². The molecule has 1 nitrogen and oxygen atoms in total. The van der Waals surface area contributed by atoms with Gasteiger partial charge in [0.05, 0.1) is 0 Å². The predicted octanol–water partition coefficient (Wildman–Crippen LogP) is 3.41. The Balaban J connectivity index is 2.09. The fourth-order valence-electron chi connectivity index (χ4n) is 2.11. The summed E-state index contributed by atoms with van der Waals surface area (Å²) in [4.78, 5) is 0. The summed E-state index contributed by atoms with van der Waals surface area (Å²) in [5.41, 5.74) is 2.87. The van der Waals surface area contributed by atoms with E-state index in [1.807, 2.05) is 0 Å². The third-order valence-electron chi connectivity index (χ3n) is 3.26. The van der Waals surface area contributed by atoms with E-state index in [4.69, 9.17) is 0 Å². The summed E-state index contributed by atoms with van der Waals surface area (Å²) in [6, 6.07) is 10.3. The molecule has 2 atom stereocenters. The molecule has 1 heterocycles. The standard InChI is InChI=1S/C14H21NS/c1-3-12-4-6-13(7-5-12)14-10-16-9-8-11(2)15-14/h4-7,11,14-15H,3,8-10H2,1-2H3. The summed E-state index contributed by atoms with van der Waals surface area (Å²) < 4.78 is 0. The van der Waals surface area contributed by atoms with Gasteiger partial charge in [-0.15, -0.1) is 0 Å². The molecular formula is C14H21NS. The maximum Gasteiger partial charge on any atom is 0.0413 e. The summed E-state index contributed by atoms with van der Waals surface area (Å²) in [5, 5.41) is 3.71. The van der Waals surface area contributed by atoms with Gasteiger partial charge in [-0.3, -0.25) is 0 Å². The molecule has 0 radical (unpaired) electrons. The van der Waals surface area contributed by atoms with Crippen molar-refractivity contribution in [3.05, 3.63) is 35.4 Å². The smallest absolute Gasteiger partial charge is 0.0413 e. The molecule has 0 bridgehead atoms. The van der Waals surface area contributed by atoms with Crippen molar-refractivity contribution in [3.63, 3.8) is 0 Å². The van der Waals surface area contributed by atoms with Gasteiger partial charge in [0.1, 0.15) is 0 Å². The molecule has 1 saturated heterocycles. The third kappa shape index (κ3) is 3.02. The Labute approximate surface area is 103 Å². The highest BCUT2D eigenvalue weighted by Crippen LogP contribution is 2.24. The van der Waals surface area contributed by atoms with Gasteiger partial charge in [-0.25, -0.2) is 0 Å². The molecule has 2 rings (SSSR count). The van der Waals surface area contributed by atoms with Crippen LogP contribution in [0, 0.1) is 0 Å². The van der Waals surface area contributed by atoms with E-state index >= 15 is 0 Å². The maximum atomic E-state index is 3.71. The molecular weight excluding hydrogens is 214 g/mol. The zero-order chi connectivity index (χ0) is 11.4. The van der Waals surface area contributed by atoms with Crippen LogP contribution in [0.15, 0.2) is 24.3 Å². The van der Waals surface area contributed by atoms with Crippen molar-refractivity contribution < 1.29 is 0 Å². The summed E-state index contributed by atoms with van der Waals surface area (Å²) in [6.07, 6.45) is 2.41. The monoisotopic (exact) mass is 235 g/mol. The molecule has 88 valence electrons. The number of thioether (sulfide) groups is 1. The third-order valence-corrected chi connectivity index (χ3v) is 4.35. The molecule has 2 unspecified atom stereocenters. The zero-order valence-electron chi connectivity index (χ0n) is 10.2. The number of hydrogen-bond acceptors (Lipinski definition) is 2. The first-order valence-electron chi connectivity index (χ1n) is 6.22. The second-order valence-corrected chi connectivity index (χ2v) is 5.73. The van der Waals surface area contributed by atoms with E-state index in [0.29, 0.717) is 12.1 Å². The predicted molar refractivity (Wildman–Crippen MR) is 73.1 cm³/mol. The molecule has 0 spiro atoms. The van der Waals surface area contributed by atoms with E-state index in [1.54, 1.807) is 0 Å². The van der Waals surface area contributed by atoms with Crippen molar-refractivity contribution in [1.29, 1.82) is 0 Å². The van der Waals surface area contributed by atoms with Gasteiger partial charge in [0.25, 0.3) is 0 Å². The Kier molecular flexibility index (Phi) is 4.30. The average Bonchev–Trinajstić information content (AvgIpc) is 2.54. The minimum absolute atomic E-state index is 0.536. The van der Waals surface area contributed by atoms with Crippen molar-refractivity contribution in [2.45, 2.75) is 38.8 Å². The highest BCUT2D eigenvalue weighted by molar-refractivity contribution is 7.99. The molecule has 1 N–H and O–H groups in total. The Morgan fingerprint density at radius 2 is 2.06 bits per heavy atom. The highest BCUT2D eigenvalue weighted by atomic mass is 32.2. The number of nitrogens with one attached hydrogen (secondary N) is 1. The number of benzene rings is 1. The van der Waals surface area contributed by atoms with Crippen LogP contribution in [0.3, 0.4) is 0 Å². The van der Waals surface area contributed by atoms with Crippen LogP contribution in [-0.2, 0) is 6.42 Å². The molecule has 2 heteroatoms. The first kappa shape index (κ1) is 12.0. The topological polar surface area (TPSA) is 12.0 Å². The van der Waals surface area contributed by atoms with E-state index < -0.39 is 0 Å². The first-order valence-corrected chi connectivity index (χ1v) is 7.37. The molecule has 1 aromatic carbocycles. The molecule has 0 aliphatic carbocycles. The fourth-order valence-corrected chi connectivity index (χ4v) is 3.33. The number of rotatable bonds is 2. The summed E-state index contributed by atoms with van der Waals surface area (Å²) in [5.74, 6) is 2.49. The van der Waals surface area contributed by atoms with Crippen LogP contribution in [-0.4, -0.2) is 17.5 Å². The molecule has 0 amide bonds. The number of aryl methyl sites for hydroxylation is 1. The van der Waals surface area contributed by atoms with Crippen molar-refractivity contribution in [2.75, 3.05) is 11.5 Å². The van der Waals surface area contributed by atoms with Crippen LogP contribution in [0.1, 0.15) is 37.4 Å². The van der Waals surface area contributed by atoms with Crippen LogP contribution in [0.25, 0.3) is 0 Å². The van der Waals surface area contributed by atoms with Crippen molar-refractivity contribution in [3.8, 4) is 0 Å². The van der Waals surface area contributed by atoms with Gasteiger partial charge in [0, 0.05) is 17.8 Å². The minimum Gasteiger partial charge on any atom is -0.307 e. The average molecular weight is 235 g/mol. The molecule has 16 heavy (non-hydrogen) atoms. The van der Waals surface area contributed by atoms with Gasteiger partial charge in [0.15, 0.2) is 0 Å². The molecule has 1 fully saturated rings. The first-order chi connectivity index (χ1) is 7.79. The Hall–Kier alpha value is -0.470. The van der Waals surface area contributed by atoms with Crippen LogP contribution in [0.5, 0.6) is 0 Å². The van der Waals surface area contributed by atoms with Crippen LogP contribution in [0.4, 0.5) is 0 Å². The van der Waals surface area contributed by atoms with Gasteiger partial charge < -0.3 is 5.32 Å². The Bertz CT molecular complexity index is 320. The lowest BCUT2D eigenvalue weighted by Crippen LogP contribution is -2.30. The summed E-state index contributed by atoms with van der Waals surface area (Å²) in [7, 11) is 0. The SMILES string of the molecule is CCc1ccc(C2CSCCC(C)N2)cc1.